The molecule has 0 aliphatic heterocycles. The molecule has 4 aromatic rings. The van der Waals surface area contributed by atoms with Gasteiger partial charge in [0.1, 0.15) is 12.4 Å². The lowest BCUT2D eigenvalue weighted by Gasteiger charge is -2.12. The summed E-state index contributed by atoms with van der Waals surface area (Å²) in [5.41, 5.74) is 4.32. The van der Waals surface area contributed by atoms with Gasteiger partial charge in [0.25, 0.3) is 15.9 Å². The van der Waals surface area contributed by atoms with Crippen LogP contribution in [0.4, 0.5) is 5.69 Å². The number of rotatable bonds is 9. The predicted molar refractivity (Wildman–Crippen MR) is 146 cm³/mol. The van der Waals surface area contributed by atoms with Crippen LogP contribution in [-0.2, 0) is 16.6 Å². The number of nitrogens with zero attached hydrogens (tertiary/aromatic N) is 1. The summed E-state index contributed by atoms with van der Waals surface area (Å²) in [7, 11) is -3.93. The summed E-state index contributed by atoms with van der Waals surface area (Å²) in [6.45, 7) is 0.372. The summed E-state index contributed by atoms with van der Waals surface area (Å²) >= 11 is 11.8. The fraction of sp³-hybridized carbons (Fsp3) is 0.0370. The van der Waals surface area contributed by atoms with E-state index >= 15 is 0 Å². The Balaban J connectivity index is 1.40. The topological polar surface area (TPSA) is 96.9 Å². The number of carbonyl (C=O) groups is 1. The zero-order valence-electron chi connectivity index (χ0n) is 19.3. The summed E-state index contributed by atoms with van der Waals surface area (Å²) in [5, 5.41) is 5.08. The van der Waals surface area contributed by atoms with E-state index in [2.05, 4.69) is 15.2 Å². The van der Waals surface area contributed by atoms with Crippen molar-refractivity contribution < 1.29 is 17.9 Å². The Kier molecular flexibility index (Phi) is 8.45. The van der Waals surface area contributed by atoms with Crippen LogP contribution < -0.4 is 14.9 Å². The molecule has 0 radical (unpaired) electrons. The van der Waals surface area contributed by atoms with Crippen molar-refractivity contribution in [2.24, 2.45) is 5.10 Å². The molecule has 0 aromatic heterocycles. The second-order valence-electron chi connectivity index (χ2n) is 7.79. The minimum Gasteiger partial charge on any atom is -0.489 e. The van der Waals surface area contributed by atoms with E-state index in [0.717, 1.165) is 5.56 Å². The summed E-state index contributed by atoms with van der Waals surface area (Å²) in [6.07, 6.45) is 1.47. The number of ether oxygens (including phenoxy) is 1. The van der Waals surface area contributed by atoms with Gasteiger partial charge in [0.05, 0.1) is 22.4 Å². The van der Waals surface area contributed by atoms with Crippen LogP contribution in [0.25, 0.3) is 0 Å². The molecule has 0 spiro atoms. The van der Waals surface area contributed by atoms with Crippen LogP contribution in [0.3, 0.4) is 0 Å². The van der Waals surface area contributed by atoms with E-state index in [1.54, 1.807) is 42.5 Å². The van der Waals surface area contributed by atoms with Gasteiger partial charge in [-0.2, -0.15) is 5.10 Å². The third-order valence-corrected chi connectivity index (χ3v) is 6.98. The molecular weight excluding hydrogens is 533 g/mol. The number of hydrazone groups is 1. The molecule has 0 aliphatic rings. The van der Waals surface area contributed by atoms with Crippen molar-refractivity contribution in [1.29, 1.82) is 0 Å². The summed E-state index contributed by atoms with van der Waals surface area (Å²) in [5.74, 6) is 0.0491. The molecule has 188 valence electrons. The van der Waals surface area contributed by atoms with Crippen molar-refractivity contribution in [3.8, 4) is 5.75 Å². The van der Waals surface area contributed by atoms with E-state index in [-0.39, 0.29) is 16.1 Å². The lowest BCUT2D eigenvalue weighted by molar-refractivity contribution is 0.0956. The Bertz CT molecular complexity index is 1520. The van der Waals surface area contributed by atoms with Crippen LogP contribution in [0.15, 0.2) is 107 Å². The molecule has 7 nitrogen and oxygen atoms in total. The maximum absolute atomic E-state index is 12.8. The molecule has 0 fully saturated rings. The molecule has 0 aliphatic carbocycles. The molecular formula is C27H21Cl2N3O4S. The number of hydrogen-bond acceptors (Lipinski definition) is 5. The number of carbonyl (C=O) groups excluding carboxylic acids is 1. The Morgan fingerprint density at radius 1 is 0.865 bits per heavy atom. The van der Waals surface area contributed by atoms with Gasteiger partial charge in [-0.3, -0.25) is 9.52 Å². The van der Waals surface area contributed by atoms with E-state index in [9.17, 15) is 13.2 Å². The van der Waals surface area contributed by atoms with Crippen molar-refractivity contribution in [3.63, 3.8) is 0 Å². The molecule has 0 saturated carbocycles. The number of para-hydroxylation sites is 1. The number of sulfonamides is 1. The molecule has 0 unspecified atom stereocenters. The second kappa shape index (κ2) is 11.9. The van der Waals surface area contributed by atoms with Gasteiger partial charge in [0.15, 0.2) is 0 Å². The zero-order valence-corrected chi connectivity index (χ0v) is 21.6. The maximum Gasteiger partial charge on any atom is 0.273 e. The van der Waals surface area contributed by atoms with Crippen molar-refractivity contribution >= 4 is 51.0 Å². The molecule has 10 heteroatoms. The predicted octanol–water partition coefficient (Wildman–Crippen LogP) is 6.14. The standard InChI is InChI=1S/C27H21Cl2N3O4S/c28-21-10-8-19(9-11-21)18-36-23-5-3-4-20(16-23)17-30-31-27(33)25-6-1-2-7-26(25)32-37(34,35)24-14-12-22(29)13-15-24/h1-17,32H,18H2,(H,31,33)/b30-17-. The van der Waals surface area contributed by atoms with Gasteiger partial charge in [-0.1, -0.05) is 59.6 Å². The zero-order chi connectivity index (χ0) is 26.3. The first kappa shape index (κ1) is 26.2. The first-order valence-corrected chi connectivity index (χ1v) is 13.2. The van der Waals surface area contributed by atoms with Gasteiger partial charge < -0.3 is 4.74 Å². The smallest absolute Gasteiger partial charge is 0.273 e. The lowest BCUT2D eigenvalue weighted by atomic mass is 10.2. The van der Waals surface area contributed by atoms with Crippen LogP contribution in [-0.4, -0.2) is 20.5 Å². The highest BCUT2D eigenvalue weighted by Gasteiger charge is 2.18. The number of benzene rings is 4. The quantitative estimate of drug-likeness (QED) is 0.192. The first-order chi connectivity index (χ1) is 17.8. The summed E-state index contributed by atoms with van der Waals surface area (Å²) in [4.78, 5) is 12.8. The Labute approximate surface area is 224 Å². The highest BCUT2D eigenvalue weighted by Crippen LogP contribution is 2.21. The first-order valence-electron chi connectivity index (χ1n) is 11.0. The van der Waals surface area contributed by atoms with Gasteiger partial charge >= 0.3 is 0 Å². The monoisotopic (exact) mass is 553 g/mol. The fourth-order valence-electron chi connectivity index (χ4n) is 3.25. The molecule has 0 atom stereocenters. The van der Waals surface area contributed by atoms with E-state index in [1.807, 2.05) is 18.2 Å². The minimum atomic E-state index is -3.93. The largest absolute Gasteiger partial charge is 0.489 e. The third kappa shape index (κ3) is 7.33. The van der Waals surface area contributed by atoms with Crippen LogP contribution in [0.2, 0.25) is 10.0 Å². The Morgan fingerprint density at radius 3 is 2.27 bits per heavy atom. The number of hydrogen-bond donors (Lipinski definition) is 2. The number of amides is 1. The molecule has 37 heavy (non-hydrogen) atoms. The normalized spacial score (nSPS) is 11.3. The Hall–Kier alpha value is -3.85. The maximum atomic E-state index is 12.8. The van der Waals surface area contributed by atoms with Crippen LogP contribution >= 0.6 is 23.2 Å². The van der Waals surface area contributed by atoms with Crippen molar-refractivity contribution in [1.82, 2.24) is 5.43 Å². The van der Waals surface area contributed by atoms with Crippen LogP contribution in [0.5, 0.6) is 5.75 Å². The van der Waals surface area contributed by atoms with Gasteiger partial charge in [-0.05, 0) is 71.8 Å². The average Bonchev–Trinajstić information content (AvgIpc) is 2.89. The highest BCUT2D eigenvalue weighted by atomic mass is 35.5. The summed E-state index contributed by atoms with van der Waals surface area (Å²) < 4.78 is 33.7. The SMILES string of the molecule is O=C(N/N=C\c1cccc(OCc2ccc(Cl)cc2)c1)c1ccccc1NS(=O)(=O)c1ccc(Cl)cc1. The van der Waals surface area contributed by atoms with E-state index in [1.165, 1.54) is 42.6 Å². The molecule has 4 aromatic carbocycles. The third-order valence-electron chi connectivity index (χ3n) is 5.10. The van der Waals surface area contributed by atoms with Crippen molar-refractivity contribution in [2.45, 2.75) is 11.5 Å². The van der Waals surface area contributed by atoms with Crippen molar-refractivity contribution in [2.75, 3.05) is 4.72 Å². The average molecular weight is 554 g/mol. The number of halogens is 2. The molecule has 0 heterocycles. The Morgan fingerprint density at radius 2 is 1.54 bits per heavy atom. The van der Waals surface area contributed by atoms with E-state index in [0.29, 0.717) is 28.0 Å². The van der Waals surface area contributed by atoms with Crippen LogP contribution in [0, 0.1) is 0 Å². The van der Waals surface area contributed by atoms with Gasteiger partial charge in [0.2, 0.25) is 0 Å². The van der Waals surface area contributed by atoms with E-state index in [4.69, 9.17) is 27.9 Å². The highest BCUT2D eigenvalue weighted by molar-refractivity contribution is 7.92. The van der Waals surface area contributed by atoms with Crippen LogP contribution in [0.1, 0.15) is 21.5 Å². The molecule has 1 amide bonds. The number of anilines is 1. The minimum absolute atomic E-state index is 0.0169. The molecule has 4 rings (SSSR count). The molecule has 0 saturated heterocycles. The summed E-state index contributed by atoms with van der Waals surface area (Å²) in [6, 6.07) is 26.5. The fourth-order valence-corrected chi connectivity index (χ4v) is 4.58. The van der Waals surface area contributed by atoms with E-state index < -0.39 is 15.9 Å². The molecule has 2 N–H and O–H groups in total. The van der Waals surface area contributed by atoms with Gasteiger partial charge in [-0.25, -0.2) is 13.8 Å². The van der Waals surface area contributed by atoms with Crippen molar-refractivity contribution in [3.05, 3.63) is 124 Å². The molecule has 0 bridgehead atoms. The number of nitrogens with one attached hydrogen (secondary N) is 2. The van der Waals surface area contributed by atoms with Gasteiger partial charge in [-0.15, -0.1) is 0 Å². The lowest BCUT2D eigenvalue weighted by Crippen LogP contribution is -2.21. The second-order valence-corrected chi connectivity index (χ2v) is 10.3. The van der Waals surface area contributed by atoms with Gasteiger partial charge in [0, 0.05) is 10.0 Å².